The van der Waals surface area contributed by atoms with Crippen molar-refractivity contribution in [3.05, 3.63) is 17.7 Å². The molecule has 1 saturated carbocycles. The molecule has 2 heterocycles. The SMILES string of the molecule is Nc1cc2c(cc1N1CCCC3CCCCC31)NC(=O)C2. The predicted molar refractivity (Wildman–Crippen MR) is 85.5 cm³/mol. The molecule has 0 radical (unpaired) electrons. The zero-order valence-corrected chi connectivity index (χ0v) is 12.4. The molecule has 2 aliphatic heterocycles. The molecule has 112 valence electrons. The van der Waals surface area contributed by atoms with Gasteiger partial charge >= 0.3 is 0 Å². The fourth-order valence-electron chi connectivity index (χ4n) is 4.45. The molecule has 4 rings (SSSR count). The van der Waals surface area contributed by atoms with Gasteiger partial charge in [0, 0.05) is 18.3 Å². The van der Waals surface area contributed by atoms with Crippen molar-refractivity contribution < 1.29 is 4.79 Å². The summed E-state index contributed by atoms with van der Waals surface area (Å²) in [4.78, 5) is 14.1. The molecule has 2 fully saturated rings. The lowest BCUT2D eigenvalue weighted by molar-refractivity contribution is -0.115. The molecule has 0 aromatic heterocycles. The molecule has 0 bridgehead atoms. The third kappa shape index (κ3) is 2.17. The number of carbonyl (C=O) groups excluding carboxylic acids is 1. The van der Waals surface area contributed by atoms with Gasteiger partial charge in [0.25, 0.3) is 0 Å². The zero-order valence-electron chi connectivity index (χ0n) is 12.4. The average molecular weight is 285 g/mol. The van der Waals surface area contributed by atoms with Crippen LogP contribution in [0, 0.1) is 5.92 Å². The molecule has 21 heavy (non-hydrogen) atoms. The predicted octanol–water partition coefficient (Wildman–Crippen LogP) is 2.92. The Balaban J connectivity index is 1.69. The number of amides is 1. The highest BCUT2D eigenvalue weighted by atomic mass is 16.1. The van der Waals surface area contributed by atoms with Gasteiger partial charge in [-0.05, 0) is 49.3 Å². The minimum atomic E-state index is 0.0794. The Kier molecular flexibility index (Phi) is 3.05. The summed E-state index contributed by atoms with van der Waals surface area (Å²) < 4.78 is 0. The van der Waals surface area contributed by atoms with Crippen LogP contribution in [0.15, 0.2) is 12.1 Å². The van der Waals surface area contributed by atoms with E-state index in [9.17, 15) is 4.79 Å². The van der Waals surface area contributed by atoms with E-state index in [0.717, 1.165) is 35.1 Å². The summed E-state index contributed by atoms with van der Waals surface area (Å²) in [6.07, 6.45) is 8.44. The lowest BCUT2D eigenvalue weighted by Crippen LogP contribution is -2.47. The number of piperidine rings is 1. The second-order valence-corrected chi connectivity index (χ2v) is 6.74. The number of rotatable bonds is 1. The van der Waals surface area contributed by atoms with Crippen molar-refractivity contribution in [2.45, 2.75) is 51.0 Å². The summed E-state index contributed by atoms with van der Waals surface area (Å²) in [6.45, 7) is 1.10. The second-order valence-electron chi connectivity index (χ2n) is 6.74. The number of hydrogen-bond donors (Lipinski definition) is 2. The summed E-state index contributed by atoms with van der Waals surface area (Å²) in [5, 5.41) is 2.95. The van der Waals surface area contributed by atoms with E-state index >= 15 is 0 Å². The number of hydrogen-bond acceptors (Lipinski definition) is 3. The Bertz CT molecular complexity index is 582. The van der Waals surface area contributed by atoms with Gasteiger partial charge in [0.1, 0.15) is 0 Å². The highest BCUT2D eigenvalue weighted by Crippen LogP contribution is 2.41. The van der Waals surface area contributed by atoms with E-state index in [1.807, 2.05) is 6.07 Å². The molecule has 3 aliphatic rings. The van der Waals surface area contributed by atoms with Crippen LogP contribution in [0.4, 0.5) is 17.1 Å². The Morgan fingerprint density at radius 1 is 1.14 bits per heavy atom. The first-order valence-electron chi connectivity index (χ1n) is 8.21. The summed E-state index contributed by atoms with van der Waals surface area (Å²) in [7, 11) is 0. The van der Waals surface area contributed by atoms with E-state index < -0.39 is 0 Å². The van der Waals surface area contributed by atoms with Crippen molar-refractivity contribution in [1.29, 1.82) is 0 Å². The van der Waals surface area contributed by atoms with Gasteiger partial charge in [-0.1, -0.05) is 12.8 Å². The number of anilines is 3. The third-order valence-corrected chi connectivity index (χ3v) is 5.43. The van der Waals surface area contributed by atoms with Crippen LogP contribution in [0.5, 0.6) is 0 Å². The van der Waals surface area contributed by atoms with Gasteiger partial charge in [-0.25, -0.2) is 0 Å². The normalized spacial score (nSPS) is 28.0. The highest BCUT2D eigenvalue weighted by Gasteiger charge is 2.34. The molecule has 4 heteroatoms. The van der Waals surface area contributed by atoms with Gasteiger partial charge in [-0.2, -0.15) is 0 Å². The third-order valence-electron chi connectivity index (χ3n) is 5.43. The van der Waals surface area contributed by atoms with E-state index in [4.69, 9.17) is 5.73 Å². The minimum absolute atomic E-state index is 0.0794. The monoisotopic (exact) mass is 285 g/mol. The molecule has 1 saturated heterocycles. The zero-order chi connectivity index (χ0) is 14.4. The van der Waals surface area contributed by atoms with Gasteiger partial charge in [0.05, 0.1) is 17.8 Å². The summed E-state index contributed by atoms with van der Waals surface area (Å²) in [5.74, 6) is 0.908. The molecule has 3 N–H and O–H groups in total. The van der Waals surface area contributed by atoms with E-state index in [0.29, 0.717) is 12.5 Å². The first-order valence-corrected chi connectivity index (χ1v) is 8.21. The van der Waals surface area contributed by atoms with Gasteiger partial charge in [0.15, 0.2) is 0 Å². The number of carbonyl (C=O) groups is 1. The number of benzene rings is 1. The van der Waals surface area contributed by atoms with E-state index in [-0.39, 0.29) is 5.91 Å². The largest absolute Gasteiger partial charge is 0.397 e. The number of fused-ring (bicyclic) bond motifs is 2. The summed E-state index contributed by atoms with van der Waals surface area (Å²) in [5.41, 5.74) is 10.3. The van der Waals surface area contributed by atoms with Crippen LogP contribution in [0.25, 0.3) is 0 Å². The van der Waals surface area contributed by atoms with Crippen LogP contribution in [0.1, 0.15) is 44.1 Å². The first-order chi connectivity index (χ1) is 10.2. The van der Waals surface area contributed by atoms with Crippen LogP contribution in [-0.2, 0) is 11.2 Å². The maximum atomic E-state index is 11.6. The lowest BCUT2D eigenvalue weighted by Gasteiger charge is -2.46. The van der Waals surface area contributed by atoms with Crippen LogP contribution in [0.2, 0.25) is 0 Å². The van der Waals surface area contributed by atoms with Crippen LogP contribution < -0.4 is 16.0 Å². The smallest absolute Gasteiger partial charge is 0.228 e. The molecule has 1 aromatic carbocycles. The molecule has 1 aliphatic carbocycles. The first kappa shape index (κ1) is 13.0. The Hall–Kier alpha value is -1.71. The van der Waals surface area contributed by atoms with Crippen molar-refractivity contribution >= 4 is 23.0 Å². The Morgan fingerprint density at radius 3 is 2.86 bits per heavy atom. The van der Waals surface area contributed by atoms with Crippen molar-refractivity contribution in [3.63, 3.8) is 0 Å². The van der Waals surface area contributed by atoms with Crippen molar-refractivity contribution in [2.24, 2.45) is 5.92 Å². The molecule has 1 amide bonds. The van der Waals surface area contributed by atoms with Crippen LogP contribution in [0.3, 0.4) is 0 Å². The van der Waals surface area contributed by atoms with Crippen molar-refractivity contribution in [1.82, 2.24) is 0 Å². The summed E-state index contributed by atoms with van der Waals surface area (Å²) >= 11 is 0. The van der Waals surface area contributed by atoms with E-state index in [2.05, 4.69) is 16.3 Å². The van der Waals surface area contributed by atoms with E-state index in [1.54, 1.807) is 0 Å². The second kappa shape index (κ2) is 4.93. The molecule has 1 aromatic rings. The van der Waals surface area contributed by atoms with E-state index in [1.165, 1.54) is 38.5 Å². The topological polar surface area (TPSA) is 58.4 Å². The highest BCUT2D eigenvalue weighted by molar-refractivity contribution is 6.01. The maximum Gasteiger partial charge on any atom is 0.228 e. The van der Waals surface area contributed by atoms with Crippen molar-refractivity contribution in [2.75, 3.05) is 22.5 Å². The number of nitrogens with one attached hydrogen (secondary N) is 1. The summed E-state index contributed by atoms with van der Waals surface area (Å²) in [6, 6.07) is 4.74. The van der Waals surface area contributed by atoms with Gasteiger partial charge < -0.3 is 16.0 Å². The average Bonchev–Trinajstić information content (AvgIpc) is 2.85. The molecule has 4 nitrogen and oxygen atoms in total. The molecular formula is C17H23N3O. The quantitative estimate of drug-likeness (QED) is 0.780. The van der Waals surface area contributed by atoms with Crippen LogP contribution in [-0.4, -0.2) is 18.5 Å². The molecule has 2 unspecified atom stereocenters. The van der Waals surface area contributed by atoms with Gasteiger partial charge in [-0.3, -0.25) is 4.79 Å². The standard InChI is InChI=1S/C17H23N3O/c18-13-8-12-9-17(21)19-14(12)10-16(13)20-7-3-5-11-4-1-2-6-15(11)20/h8,10-11,15H,1-7,9,18H2,(H,19,21). The minimum Gasteiger partial charge on any atom is -0.397 e. The maximum absolute atomic E-state index is 11.6. The Labute approximate surface area is 125 Å². The molecule has 2 atom stereocenters. The van der Waals surface area contributed by atoms with Crippen LogP contribution >= 0.6 is 0 Å². The molecular weight excluding hydrogens is 262 g/mol. The number of nitrogen functional groups attached to an aromatic ring is 1. The molecule has 0 spiro atoms. The number of nitrogens with two attached hydrogens (primary N) is 1. The Morgan fingerprint density at radius 2 is 1.95 bits per heavy atom. The van der Waals surface area contributed by atoms with Gasteiger partial charge in [-0.15, -0.1) is 0 Å². The fourth-order valence-corrected chi connectivity index (χ4v) is 4.45. The van der Waals surface area contributed by atoms with Gasteiger partial charge in [0.2, 0.25) is 5.91 Å². The van der Waals surface area contributed by atoms with Crippen molar-refractivity contribution in [3.8, 4) is 0 Å². The lowest BCUT2D eigenvalue weighted by atomic mass is 9.78. The number of nitrogens with zero attached hydrogens (tertiary/aromatic N) is 1. The fraction of sp³-hybridized carbons (Fsp3) is 0.588.